The lowest BCUT2D eigenvalue weighted by molar-refractivity contribution is 0.442. The molecule has 0 aromatic heterocycles. The molecule has 17 heavy (non-hydrogen) atoms. The molecule has 0 amide bonds. The SMILES string of the molecule is CNC(Cc1ccccc1)C(C=C(C)C)NN. The van der Waals surface area contributed by atoms with Crippen LogP contribution in [0.15, 0.2) is 42.0 Å². The van der Waals surface area contributed by atoms with E-state index in [9.17, 15) is 0 Å². The molecule has 0 aliphatic heterocycles. The largest absolute Gasteiger partial charge is 0.315 e. The molecule has 1 rings (SSSR count). The lowest BCUT2D eigenvalue weighted by Gasteiger charge is -2.24. The Morgan fingerprint density at radius 3 is 2.41 bits per heavy atom. The van der Waals surface area contributed by atoms with Crippen LogP contribution in [0, 0.1) is 0 Å². The van der Waals surface area contributed by atoms with Gasteiger partial charge in [-0.1, -0.05) is 42.0 Å². The minimum atomic E-state index is 0.144. The summed E-state index contributed by atoms with van der Waals surface area (Å²) in [6.45, 7) is 4.17. The van der Waals surface area contributed by atoms with Crippen molar-refractivity contribution in [3.63, 3.8) is 0 Å². The summed E-state index contributed by atoms with van der Waals surface area (Å²) >= 11 is 0. The normalized spacial score (nSPS) is 14.1. The highest BCUT2D eigenvalue weighted by Gasteiger charge is 2.16. The monoisotopic (exact) mass is 233 g/mol. The Morgan fingerprint density at radius 2 is 1.94 bits per heavy atom. The van der Waals surface area contributed by atoms with E-state index in [1.165, 1.54) is 11.1 Å². The van der Waals surface area contributed by atoms with E-state index in [1.54, 1.807) is 0 Å². The van der Waals surface area contributed by atoms with Gasteiger partial charge in [0.15, 0.2) is 0 Å². The van der Waals surface area contributed by atoms with Crippen molar-refractivity contribution in [1.29, 1.82) is 0 Å². The maximum atomic E-state index is 5.62. The maximum absolute atomic E-state index is 5.62. The highest BCUT2D eigenvalue weighted by molar-refractivity contribution is 5.18. The summed E-state index contributed by atoms with van der Waals surface area (Å²) in [7, 11) is 1.97. The minimum Gasteiger partial charge on any atom is -0.315 e. The summed E-state index contributed by atoms with van der Waals surface area (Å²) in [6.07, 6.45) is 3.11. The zero-order chi connectivity index (χ0) is 12.7. The second-order valence-corrected chi connectivity index (χ2v) is 4.52. The van der Waals surface area contributed by atoms with Crippen molar-refractivity contribution in [2.45, 2.75) is 32.4 Å². The second-order valence-electron chi connectivity index (χ2n) is 4.52. The summed E-state index contributed by atoms with van der Waals surface area (Å²) in [4.78, 5) is 0. The molecule has 1 aromatic rings. The number of nitrogens with two attached hydrogens (primary N) is 1. The summed E-state index contributed by atoms with van der Waals surface area (Å²) in [6, 6.07) is 10.9. The van der Waals surface area contributed by atoms with E-state index in [0.717, 1.165) is 6.42 Å². The molecule has 0 heterocycles. The Labute approximate surface area is 104 Å². The van der Waals surface area contributed by atoms with Crippen LogP contribution in [-0.2, 0) is 6.42 Å². The van der Waals surface area contributed by atoms with Gasteiger partial charge in [-0.3, -0.25) is 11.3 Å². The van der Waals surface area contributed by atoms with Gasteiger partial charge in [-0.25, -0.2) is 0 Å². The molecule has 1 aromatic carbocycles. The lowest BCUT2D eigenvalue weighted by atomic mass is 9.98. The smallest absolute Gasteiger partial charge is 0.0549 e. The molecule has 3 nitrogen and oxygen atoms in total. The topological polar surface area (TPSA) is 50.1 Å². The number of hydrogen-bond acceptors (Lipinski definition) is 3. The molecule has 0 saturated carbocycles. The van der Waals surface area contributed by atoms with Gasteiger partial charge in [0.2, 0.25) is 0 Å². The van der Waals surface area contributed by atoms with E-state index in [-0.39, 0.29) is 12.1 Å². The molecule has 0 radical (unpaired) electrons. The van der Waals surface area contributed by atoms with Gasteiger partial charge in [0.1, 0.15) is 0 Å². The Kier molecular flexibility index (Phi) is 5.91. The Balaban J connectivity index is 2.73. The quantitative estimate of drug-likeness (QED) is 0.397. The van der Waals surface area contributed by atoms with Gasteiger partial charge in [-0.15, -0.1) is 0 Å². The predicted octanol–water partition coefficient (Wildman–Crippen LogP) is 1.62. The Morgan fingerprint density at radius 1 is 1.29 bits per heavy atom. The van der Waals surface area contributed by atoms with E-state index in [0.29, 0.717) is 0 Å². The minimum absolute atomic E-state index is 0.144. The third-order valence-electron chi connectivity index (χ3n) is 2.81. The van der Waals surface area contributed by atoms with Crippen LogP contribution in [0.25, 0.3) is 0 Å². The van der Waals surface area contributed by atoms with Crippen LogP contribution in [0.2, 0.25) is 0 Å². The van der Waals surface area contributed by atoms with Crippen molar-refractivity contribution in [3.05, 3.63) is 47.5 Å². The second kappa shape index (κ2) is 7.22. The van der Waals surface area contributed by atoms with Crippen molar-refractivity contribution in [1.82, 2.24) is 10.7 Å². The molecule has 3 heteroatoms. The van der Waals surface area contributed by atoms with Gasteiger partial charge in [0, 0.05) is 6.04 Å². The molecule has 0 spiro atoms. The van der Waals surface area contributed by atoms with Crippen molar-refractivity contribution in [2.24, 2.45) is 5.84 Å². The van der Waals surface area contributed by atoms with Gasteiger partial charge >= 0.3 is 0 Å². The Hall–Kier alpha value is -1.16. The number of rotatable bonds is 6. The molecular formula is C14H23N3. The highest BCUT2D eigenvalue weighted by atomic mass is 15.2. The van der Waals surface area contributed by atoms with Crippen LogP contribution in [0.5, 0.6) is 0 Å². The number of likely N-dealkylation sites (N-methyl/N-ethyl adjacent to an activating group) is 1. The van der Waals surface area contributed by atoms with Gasteiger partial charge < -0.3 is 5.32 Å². The molecule has 0 aliphatic carbocycles. The molecule has 0 saturated heterocycles. The first-order chi connectivity index (χ1) is 8.17. The molecule has 0 bridgehead atoms. The van der Waals surface area contributed by atoms with Gasteiger partial charge in [0.05, 0.1) is 6.04 Å². The summed E-state index contributed by atoms with van der Waals surface area (Å²) < 4.78 is 0. The third-order valence-corrected chi connectivity index (χ3v) is 2.81. The first kappa shape index (κ1) is 13.9. The molecular weight excluding hydrogens is 210 g/mol. The van der Waals surface area contributed by atoms with Gasteiger partial charge in [0.25, 0.3) is 0 Å². The third kappa shape index (κ3) is 4.69. The number of hydrazine groups is 1. The zero-order valence-corrected chi connectivity index (χ0v) is 10.9. The Bertz CT molecular complexity index is 342. The fourth-order valence-corrected chi connectivity index (χ4v) is 1.92. The fourth-order valence-electron chi connectivity index (χ4n) is 1.92. The molecule has 94 valence electrons. The van der Waals surface area contributed by atoms with E-state index < -0.39 is 0 Å². The highest BCUT2D eigenvalue weighted by Crippen LogP contribution is 2.08. The van der Waals surface area contributed by atoms with Crippen LogP contribution in [0.4, 0.5) is 0 Å². The van der Waals surface area contributed by atoms with Crippen molar-refractivity contribution < 1.29 is 0 Å². The number of nitrogens with one attached hydrogen (secondary N) is 2. The van der Waals surface area contributed by atoms with Crippen LogP contribution < -0.4 is 16.6 Å². The standard InChI is InChI=1S/C14H23N3/c1-11(2)9-14(17-15)13(16-3)10-12-7-5-4-6-8-12/h4-9,13-14,16-17H,10,15H2,1-3H3. The van der Waals surface area contributed by atoms with E-state index in [4.69, 9.17) is 5.84 Å². The summed E-state index contributed by atoms with van der Waals surface area (Å²) in [5.41, 5.74) is 5.44. The molecule has 2 unspecified atom stereocenters. The van der Waals surface area contributed by atoms with E-state index in [1.807, 2.05) is 13.1 Å². The summed E-state index contributed by atoms with van der Waals surface area (Å²) in [5, 5.41) is 3.32. The first-order valence-electron chi connectivity index (χ1n) is 5.99. The van der Waals surface area contributed by atoms with Gasteiger partial charge in [-0.05, 0) is 32.9 Å². The van der Waals surface area contributed by atoms with Crippen LogP contribution in [0.1, 0.15) is 19.4 Å². The predicted molar refractivity (Wildman–Crippen MR) is 73.5 cm³/mol. The fraction of sp³-hybridized carbons (Fsp3) is 0.429. The number of benzene rings is 1. The lowest BCUT2D eigenvalue weighted by Crippen LogP contribution is -2.49. The van der Waals surface area contributed by atoms with Gasteiger partial charge in [-0.2, -0.15) is 0 Å². The molecule has 0 fully saturated rings. The summed E-state index contributed by atoms with van der Waals surface area (Å²) in [5.74, 6) is 5.62. The first-order valence-corrected chi connectivity index (χ1v) is 5.99. The van der Waals surface area contributed by atoms with Crippen LogP contribution in [-0.4, -0.2) is 19.1 Å². The number of hydrogen-bond donors (Lipinski definition) is 3. The van der Waals surface area contributed by atoms with Crippen molar-refractivity contribution >= 4 is 0 Å². The zero-order valence-electron chi connectivity index (χ0n) is 10.9. The molecule has 0 aliphatic rings. The van der Waals surface area contributed by atoms with Crippen molar-refractivity contribution in [3.8, 4) is 0 Å². The molecule has 4 N–H and O–H groups in total. The van der Waals surface area contributed by atoms with E-state index in [2.05, 4.69) is 54.9 Å². The average molecular weight is 233 g/mol. The van der Waals surface area contributed by atoms with Crippen LogP contribution >= 0.6 is 0 Å². The van der Waals surface area contributed by atoms with Crippen molar-refractivity contribution in [2.75, 3.05) is 7.05 Å². The molecule has 2 atom stereocenters. The average Bonchev–Trinajstić information content (AvgIpc) is 2.34. The maximum Gasteiger partial charge on any atom is 0.0549 e. The van der Waals surface area contributed by atoms with E-state index >= 15 is 0 Å². The van der Waals surface area contributed by atoms with Crippen LogP contribution in [0.3, 0.4) is 0 Å². The number of allylic oxidation sites excluding steroid dienone is 1.